The molecular weight excluding hydrogens is 1430 g/mol. The minimum Gasteiger partial charge on any atom is -0.497 e. The third kappa shape index (κ3) is 34.7. The van der Waals surface area contributed by atoms with Crippen LogP contribution in [0.4, 0.5) is 0 Å². The van der Waals surface area contributed by atoms with Gasteiger partial charge in [-0.25, -0.2) is 9.65 Å². The van der Waals surface area contributed by atoms with Crippen molar-refractivity contribution < 1.29 is 88.1 Å². The van der Waals surface area contributed by atoms with Gasteiger partial charge in [-0.05, 0) is 199 Å². The standard InChI is InChI=1S/C32H45N2O4P.C22H37O8PS.C21H36ClO7PS/c1-26(2)37-39(35,38-31(3,4)5)34-25-15-9-14-24-33-32(27-16-10-7-11-17-27,28-18-12-8-13-19-28)29-20-22-30(36-6)23-21-29;1-17(11-12-23-5)29-31(32,30-22(2,3)4)27-14-13-25-15-20-16-26-21(28-20)18-7-9-19(24-6)10-8-18;1-8-25-14-16(2)15-28-30(31,29-21(3,4)5)27-12-11-26-17-9-10-18(19(22)13-17)20(23-6)24-7/h7-8,10-13,16-23,26,33H,9,14-15,24-25H2,1-6H3,(H,34,35);7-10,17,20-21H,11-16H2,1-6H3;9-10,13,16,20H,8,11-12,14-15H2,1-7H3. The smallest absolute Gasteiger partial charge is 0.406 e. The van der Waals surface area contributed by atoms with Crippen LogP contribution < -0.4 is 24.6 Å². The number of hydrogen-bond acceptors (Lipinski definition) is 22. The van der Waals surface area contributed by atoms with Gasteiger partial charge in [0.15, 0.2) is 12.6 Å². The maximum Gasteiger partial charge on any atom is 0.406 e. The lowest BCUT2D eigenvalue weighted by atomic mass is 9.77. The van der Waals surface area contributed by atoms with Gasteiger partial charge in [0.1, 0.15) is 30.0 Å². The lowest BCUT2D eigenvalue weighted by Crippen LogP contribution is -2.45. The summed E-state index contributed by atoms with van der Waals surface area (Å²) in [6, 6.07) is 42.3. The Bertz CT molecular complexity index is 3200. The van der Waals surface area contributed by atoms with E-state index in [1.165, 1.54) is 11.1 Å². The van der Waals surface area contributed by atoms with Crippen LogP contribution in [0.15, 0.2) is 127 Å². The molecule has 0 amide bonds. The molecule has 0 bridgehead atoms. The van der Waals surface area contributed by atoms with Crippen LogP contribution in [0, 0.1) is 5.92 Å². The first-order chi connectivity index (χ1) is 48.2. The molecule has 1 aliphatic rings. The van der Waals surface area contributed by atoms with Gasteiger partial charge in [0, 0.05) is 58.1 Å². The molecule has 0 spiro atoms. The van der Waals surface area contributed by atoms with E-state index in [9.17, 15) is 4.57 Å². The van der Waals surface area contributed by atoms with Crippen LogP contribution in [0.5, 0.6) is 17.2 Å². The van der Waals surface area contributed by atoms with Crippen LogP contribution in [0.1, 0.15) is 163 Å². The van der Waals surface area contributed by atoms with Crippen molar-refractivity contribution in [1.82, 2.24) is 10.4 Å². The molecule has 576 valence electrons. The summed E-state index contributed by atoms with van der Waals surface area (Å²) in [6.07, 6.45) is 2.05. The van der Waals surface area contributed by atoms with Gasteiger partial charge in [-0.1, -0.05) is 110 Å². The highest BCUT2D eigenvalue weighted by Gasteiger charge is 2.37. The quantitative estimate of drug-likeness (QED) is 0.0161. The molecule has 21 nitrogen and oxygen atoms in total. The van der Waals surface area contributed by atoms with E-state index in [1.54, 1.807) is 53.7 Å². The van der Waals surface area contributed by atoms with Crippen molar-refractivity contribution in [3.05, 3.63) is 160 Å². The minimum absolute atomic E-state index is 0.136. The molecule has 102 heavy (non-hydrogen) atoms. The van der Waals surface area contributed by atoms with Crippen molar-refractivity contribution in [3.8, 4) is 17.2 Å². The second-order valence-corrected chi connectivity index (χ2v) is 35.2. The van der Waals surface area contributed by atoms with Crippen LogP contribution in [0.25, 0.3) is 0 Å². The fourth-order valence-electron chi connectivity index (χ4n) is 9.99. The molecule has 0 aromatic heterocycles. The van der Waals surface area contributed by atoms with Crippen molar-refractivity contribution in [2.75, 3.05) is 115 Å². The number of halogens is 1. The monoisotopic (exact) mass is 1540 g/mol. The molecule has 7 atom stereocenters. The first-order valence-corrected chi connectivity index (χ1v) is 41.8. The van der Waals surface area contributed by atoms with Gasteiger partial charge in [-0.15, -0.1) is 0 Å². The fraction of sp³-hybridized carbons (Fsp3) is 0.600. The molecule has 1 heterocycles. The number of methoxy groups -OCH3 is 5. The molecule has 5 aromatic rings. The van der Waals surface area contributed by atoms with Crippen LogP contribution in [0.2, 0.25) is 5.02 Å². The van der Waals surface area contributed by atoms with E-state index in [4.69, 9.17) is 119 Å². The SMILES string of the molecule is CCOCC(C)COP(=S)(OCCOc1ccc(C(OC)OC)c(Cl)c1)OC(C)(C)C.COCCC(C)OP(=S)(OCCOCC1COC(c2ccc(OC)cc2)O1)OC(C)(C)C.COc1ccc(C(NCCCCCNP(=O)(OC(C)C)OC(C)(C)C)(c2ccccc2)c2ccccc2)cc1. The van der Waals surface area contributed by atoms with Crippen molar-refractivity contribution in [2.45, 2.75) is 176 Å². The van der Waals surface area contributed by atoms with Crippen LogP contribution >= 0.6 is 32.8 Å². The van der Waals surface area contributed by atoms with Gasteiger partial charge in [0.05, 0.1) is 100 Å². The van der Waals surface area contributed by atoms with E-state index < -0.39 is 56.1 Å². The highest BCUT2D eigenvalue weighted by Crippen LogP contribution is 2.55. The minimum atomic E-state index is -3.38. The summed E-state index contributed by atoms with van der Waals surface area (Å²) in [7, 11) is 4.70. The van der Waals surface area contributed by atoms with Gasteiger partial charge in [-0.3, -0.25) is 14.4 Å². The van der Waals surface area contributed by atoms with Gasteiger partial charge in [0.2, 0.25) is 0 Å². The molecule has 0 aliphatic carbocycles. The summed E-state index contributed by atoms with van der Waals surface area (Å²) < 4.78 is 115. The van der Waals surface area contributed by atoms with E-state index in [-0.39, 0.29) is 44.1 Å². The lowest BCUT2D eigenvalue weighted by molar-refractivity contribution is -0.105. The zero-order valence-electron chi connectivity index (χ0n) is 63.7. The largest absolute Gasteiger partial charge is 0.497 e. The molecule has 0 radical (unpaired) electrons. The molecule has 0 saturated carbocycles. The van der Waals surface area contributed by atoms with Gasteiger partial charge >= 0.3 is 21.2 Å². The summed E-state index contributed by atoms with van der Waals surface area (Å²) in [6.45, 7) is 26.4. The zero-order valence-corrected chi connectivity index (χ0v) is 68.8. The Labute approximate surface area is 625 Å². The lowest BCUT2D eigenvalue weighted by Gasteiger charge is -2.37. The third-order valence-electron chi connectivity index (χ3n) is 14.3. The van der Waals surface area contributed by atoms with E-state index in [0.29, 0.717) is 70.0 Å². The van der Waals surface area contributed by atoms with Crippen LogP contribution in [-0.4, -0.2) is 150 Å². The maximum absolute atomic E-state index is 13.2. The topological polar surface area (TPSA) is 207 Å². The first-order valence-electron chi connectivity index (χ1n) is 34.8. The Morgan fingerprint density at radius 2 is 1.13 bits per heavy atom. The molecule has 2 N–H and O–H groups in total. The fourth-order valence-corrected chi connectivity index (χ4v) is 17.8. The van der Waals surface area contributed by atoms with Crippen LogP contribution in [0.3, 0.4) is 0 Å². The second kappa shape index (κ2) is 46.1. The normalized spacial score (nSPS) is 16.8. The molecular formula is C75H118ClN2O19P3S2. The Kier molecular flexibility index (Phi) is 41.1. The van der Waals surface area contributed by atoms with Crippen molar-refractivity contribution >= 4 is 56.4 Å². The van der Waals surface area contributed by atoms with Gasteiger partial charge in [0.25, 0.3) is 0 Å². The Morgan fingerprint density at radius 1 is 0.588 bits per heavy atom. The predicted molar refractivity (Wildman–Crippen MR) is 412 cm³/mol. The summed E-state index contributed by atoms with van der Waals surface area (Å²) in [5.74, 6) is 2.39. The Hall–Kier alpha value is -3.36. The highest BCUT2D eigenvalue weighted by atomic mass is 35.5. The number of nitrogens with one attached hydrogen (secondary N) is 2. The van der Waals surface area contributed by atoms with Crippen molar-refractivity contribution in [3.63, 3.8) is 0 Å². The Balaban J connectivity index is 0.000000327. The third-order valence-corrected chi connectivity index (χ3v) is 22.0. The van der Waals surface area contributed by atoms with Crippen molar-refractivity contribution in [1.29, 1.82) is 0 Å². The summed E-state index contributed by atoms with van der Waals surface area (Å²) in [5, 5.41) is 7.46. The zero-order chi connectivity index (χ0) is 75.5. The maximum atomic E-state index is 13.2. The van der Waals surface area contributed by atoms with Crippen LogP contribution in [-0.2, 0) is 103 Å². The Morgan fingerprint density at radius 3 is 1.67 bits per heavy atom. The summed E-state index contributed by atoms with van der Waals surface area (Å²) in [5.41, 5.74) is 3.09. The average Bonchev–Trinajstić information content (AvgIpc) is 0.845. The molecule has 27 heteroatoms. The van der Waals surface area contributed by atoms with E-state index in [0.717, 1.165) is 54.0 Å². The molecule has 1 saturated heterocycles. The summed E-state index contributed by atoms with van der Waals surface area (Å²) in [4.78, 5) is 0. The number of hydrogen-bond donors (Lipinski definition) is 2. The molecule has 5 aromatic carbocycles. The predicted octanol–water partition coefficient (Wildman–Crippen LogP) is 18.1. The number of ether oxygens (including phenoxy) is 10. The molecule has 1 aliphatic heterocycles. The average molecular weight is 1540 g/mol. The summed E-state index contributed by atoms with van der Waals surface area (Å²) >= 11 is 17.5. The van der Waals surface area contributed by atoms with E-state index in [2.05, 4.69) is 71.1 Å². The van der Waals surface area contributed by atoms with E-state index in [1.807, 2.05) is 145 Å². The van der Waals surface area contributed by atoms with Gasteiger partial charge in [-0.2, -0.15) is 0 Å². The first kappa shape index (κ1) is 91.0. The molecule has 7 unspecified atom stereocenters. The number of benzene rings is 5. The molecule has 6 rings (SSSR count). The number of unbranched alkanes of at least 4 members (excludes halogenated alkanes) is 2. The van der Waals surface area contributed by atoms with Gasteiger partial charge < -0.3 is 74.5 Å². The number of rotatable bonds is 44. The van der Waals surface area contributed by atoms with E-state index >= 15 is 0 Å². The highest BCUT2D eigenvalue weighted by molar-refractivity contribution is 8.07. The molecule has 1 fully saturated rings. The van der Waals surface area contributed by atoms with Crippen molar-refractivity contribution in [2.24, 2.45) is 5.92 Å². The second-order valence-electron chi connectivity index (χ2n) is 27.3.